The molecule has 0 spiro atoms. The highest BCUT2D eigenvalue weighted by molar-refractivity contribution is 5.95. The first-order chi connectivity index (χ1) is 16.1. The lowest BCUT2D eigenvalue weighted by molar-refractivity contribution is -0.146. The Balaban J connectivity index is 1.78. The predicted octanol–water partition coefficient (Wildman–Crippen LogP) is 3.30. The fourth-order valence-corrected chi connectivity index (χ4v) is 3.99. The number of benzene rings is 2. The maximum Gasteiger partial charge on any atom is 0.416 e. The summed E-state index contributed by atoms with van der Waals surface area (Å²) in [5.74, 6) is -1.45. The molecule has 0 aliphatic carbocycles. The lowest BCUT2D eigenvalue weighted by atomic mass is 9.93. The van der Waals surface area contributed by atoms with Crippen LogP contribution in [0.3, 0.4) is 0 Å². The van der Waals surface area contributed by atoms with Crippen molar-refractivity contribution in [1.82, 2.24) is 14.7 Å². The number of hydrogen-bond acceptors (Lipinski definition) is 5. The Morgan fingerprint density at radius 2 is 1.76 bits per heavy atom. The average Bonchev–Trinajstić information content (AvgIpc) is 2.82. The third-order valence-corrected chi connectivity index (χ3v) is 5.71. The standard InChI is InChI=1S/C24H20F3N3O4/c1-14-10-20(31)21(28-30(14)18-9-5-8-17(12-18)24(25,26)27)22(32)29-13-16-7-4-3-6-15(16)11-19(29)23(33)34-2/h3-10,12,19H,11,13H2,1-2H3. The van der Waals surface area contributed by atoms with Gasteiger partial charge in [-0.2, -0.15) is 18.3 Å². The Hall–Kier alpha value is -3.95. The van der Waals surface area contributed by atoms with Gasteiger partial charge in [0.2, 0.25) is 5.43 Å². The Bertz CT molecular complexity index is 1330. The SMILES string of the molecule is COC(=O)C1Cc2ccccc2CN1C(=O)c1nn(-c2cccc(C(F)(F)F)c2)c(C)cc1=O. The number of carbonyl (C=O) groups excluding carboxylic acids is 2. The number of carbonyl (C=O) groups is 2. The second kappa shape index (κ2) is 8.77. The van der Waals surface area contributed by atoms with Gasteiger partial charge in [0.25, 0.3) is 5.91 Å². The van der Waals surface area contributed by atoms with Gasteiger partial charge in [-0.05, 0) is 36.2 Å². The Morgan fingerprint density at radius 1 is 1.06 bits per heavy atom. The average molecular weight is 471 g/mol. The van der Waals surface area contributed by atoms with E-state index in [2.05, 4.69) is 5.10 Å². The fourth-order valence-electron chi connectivity index (χ4n) is 3.99. The van der Waals surface area contributed by atoms with Gasteiger partial charge in [-0.15, -0.1) is 0 Å². The summed E-state index contributed by atoms with van der Waals surface area (Å²) in [5.41, 5.74) is -0.133. The van der Waals surface area contributed by atoms with Crippen LogP contribution >= 0.6 is 0 Å². The number of rotatable bonds is 3. The minimum absolute atomic E-state index is 0.0369. The van der Waals surface area contributed by atoms with Gasteiger partial charge in [0.05, 0.1) is 18.4 Å². The zero-order valence-corrected chi connectivity index (χ0v) is 18.3. The summed E-state index contributed by atoms with van der Waals surface area (Å²) in [6.45, 7) is 1.55. The summed E-state index contributed by atoms with van der Waals surface area (Å²) < 4.78 is 45.5. The molecule has 0 bridgehead atoms. The van der Waals surface area contributed by atoms with Crippen molar-refractivity contribution in [3.8, 4) is 5.69 Å². The molecular weight excluding hydrogens is 451 g/mol. The van der Waals surface area contributed by atoms with E-state index in [0.29, 0.717) is 0 Å². The molecule has 3 aromatic rings. The molecule has 1 amide bonds. The van der Waals surface area contributed by atoms with E-state index in [1.807, 2.05) is 18.2 Å². The normalized spacial score (nSPS) is 15.6. The number of amides is 1. The smallest absolute Gasteiger partial charge is 0.416 e. The molecule has 2 heterocycles. The van der Waals surface area contributed by atoms with Crippen LogP contribution in [0, 0.1) is 6.92 Å². The van der Waals surface area contributed by atoms with E-state index in [1.54, 1.807) is 6.07 Å². The van der Waals surface area contributed by atoms with Gasteiger partial charge in [0, 0.05) is 24.7 Å². The monoisotopic (exact) mass is 471 g/mol. The predicted molar refractivity (Wildman–Crippen MR) is 115 cm³/mol. The zero-order valence-electron chi connectivity index (χ0n) is 18.3. The van der Waals surface area contributed by atoms with Crippen molar-refractivity contribution in [3.63, 3.8) is 0 Å². The molecule has 10 heteroatoms. The van der Waals surface area contributed by atoms with E-state index in [4.69, 9.17) is 4.74 Å². The van der Waals surface area contributed by atoms with Crippen molar-refractivity contribution in [1.29, 1.82) is 0 Å². The largest absolute Gasteiger partial charge is 0.467 e. The van der Waals surface area contributed by atoms with Crippen LogP contribution in [0.2, 0.25) is 0 Å². The maximum absolute atomic E-state index is 13.4. The molecule has 1 aliphatic rings. The lowest BCUT2D eigenvalue weighted by Crippen LogP contribution is -2.50. The minimum atomic E-state index is -4.57. The quantitative estimate of drug-likeness (QED) is 0.548. The van der Waals surface area contributed by atoms with Crippen LogP contribution in [0.5, 0.6) is 0 Å². The minimum Gasteiger partial charge on any atom is -0.467 e. The maximum atomic E-state index is 13.4. The first-order valence-electron chi connectivity index (χ1n) is 10.3. The van der Waals surface area contributed by atoms with Crippen molar-refractivity contribution in [2.75, 3.05) is 7.11 Å². The summed E-state index contributed by atoms with van der Waals surface area (Å²) in [4.78, 5) is 39.8. The molecule has 0 saturated carbocycles. The highest BCUT2D eigenvalue weighted by Crippen LogP contribution is 2.30. The zero-order chi connectivity index (χ0) is 24.6. The molecule has 34 heavy (non-hydrogen) atoms. The summed E-state index contributed by atoms with van der Waals surface area (Å²) in [5, 5.41) is 4.11. The summed E-state index contributed by atoms with van der Waals surface area (Å²) >= 11 is 0. The molecule has 4 rings (SSSR count). The topological polar surface area (TPSA) is 81.5 Å². The van der Waals surface area contributed by atoms with Gasteiger partial charge >= 0.3 is 12.1 Å². The van der Waals surface area contributed by atoms with Crippen molar-refractivity contribution >= 4 is 11.9 Å². The van der Waals surface area contributed by atoms with Gasteiger partial charge in [-0.3, -0.25) is 9.59 Å². The van der Waals surface area contributed by atoms with Gasteiger partial charge in [-0.25, -0.2) is 9.48 Å². The summed E-state index contributed by atoms with van der Waals surface area (Å²) in [6.07, 6.45) is -4.38. The second-order valence-electron chi connectivity index (χ2n) is 7.90. The van der Waals surface area contributed by atoms with Crippen LogP contribution in [0.25, 0.3) is 5.69 Å². The van der Waals surface area contributed by atoms with Crippen LogP contribution in [0.4, 0.5) is 13.2 Å². The number of alkyl halides is 3. The molecule has 0 radical (unpaired) electrons. The van der Waals surface area contributed by atoms with Gasteiger partial charge < -0.3 is 9.64 Å². The van der Waals surface area contributed by atoms with Crippen LogP contribution in [0.1, 0.15) is 32.9 Å². The summed E-state index contributed by atoms with van der Waals surface area (Å²) in [7, 11) is 1.20. The van der Waals surface area contributed by atoms with Crippen LogP contribution < -0.4 is 5.43 Å². The van der Waals surface area contributed by atoms with Crippen LogP contribution in [-0.4, -0.2) is 39.7 Å². The van der Waals surface area contributed by atoms with E-state index >= 15 is 0 Å². The van der Waals surface area contributed by atoms with Gasteiger partial charge in [0.15, 0.2) is 5.69 Å². The molecule has 0 N–H and O–H groups in total. The fraction of sp³-hybridized carbons (Fsp3) is 0.250. The number of halogens is 3. The second-order valence-corrected chi connectivity index (χ2v) is 7.90. The lowest BCUT2D eigenvalue weighted by Gasteiger charge is -2.34. The van der Waals surface area contributed by atoms with Crippen LogP contribution in [-0.2, 0) is 28.7 Å². The molecule has 0 saturated heterocycles. The van der Waals surface area contributed by atoms with Gasteiger partial charge in [-0.1, -0.05) is 30.3 Å². The van der Waals surface area contributed by atoms with Crippen LogP contribution in [0.15, 0.2) is 59.4 Å². The van der Waals surface area contributed by atoms with Crippen molar-refractivity contribution in [2.24, 2.45) is 0 Å². The Kier molecular flexibility index (Phi) is 5.99. The van der Waals surface area contributed by atoms with E-state index in [0.717, 1.165) is 34.0 Å². The first kappa shape index (κ1) is 23.2. The van der Waals surface area contributed by atoms with E-state index in [1.165, 1.54) is 31.1 Å². The molecule has 0 fully saturated rings. The van der Waals surface area contributed by atoms with Crippen molar-refractivity contribution < 1.29 is 27.5 Å². The Morgan fingerprint density at radius 3 is 2.44 bits per heavy atom. The third-order valence-electron chi connectivity index (χ3n) is 5.71. The molecular formula is C24H20F3N3O4. The molecule has 176 valence electrons. The molecule has 1 aliphatic heterocycles. The van der Waals surface area contributed by atoms with E-state index in [9.17, 15) is 27.6 Å². The highest BCUT2D eigenvalue weighted by atomic mass is 19.4. The molecule has 7 nitrogen and oxygen atoms in total. The number of methoxy groups -OCH3 is 1. The Labute approximate surface area is 192 Å². The number of fused-ring (bicyclic) bond motifs is 1. The number of aromatic nitrogens is 2. The molecule has 1 unspecified atom stereocenters. The molecule has 1 aromatic heterocycles. The van der Waals surface area contributed by atoms with E-state index < -0.39 is 40.8 Å². The number of hydrogen-bond donors (Lipinski definition) is 0. The first-order valence-corrected chi connectivity index (χ1v) is 10.3. The molecule has 1 atom stereocenters. The van der Waals surface area contributed by atoms with Crippen molar-refractivity contribution in [3.05, 3.63) is 92.9 Å². The van der Waals surface area contributed by atoms with E-state index in [-0.39, 0.29) is 24.3 Å². The number of ether oxygens (including phenoxy) is 1. The summed E-state index contributed by atoms with van der Waals surface area (Å²) in [6, 6.07) is 11.8. The number of esters is 1. The highest BCUT2D eigenvalue weighted by Gasteiger charge is 2.37. The van der Waals surface area contributed by atoms with Gasteiger partial charge in [0.1, 0.15) is 6.04 Å². The number of nitrogens with zero attached hydrogens (tertiary/aromatic N) is 3. The molecule has 2 aromatic carbocycles. The number of aryl methyl sites for hydroxylation is 1. The van der Waals surface area contributed by atoms with Crippen molar-refractivity contribution in [2.45, 2.75) is 32.1 Å². The third kappa shape index (κ3) is 4.30.